The van der Waals surface area contributed by atoms with Gasteiger partial charge in [0.1, 0.15) is 0 Å². The summed E-state index contributed by atoms with van der Waals surface area (Å²) in [5.41, 5.74) is 2.73. The van der Waals surface area contributed by atoms with Crippen LogP contribution in [-0.4, -0.2) is 12.3 Å². The third kappa shape index (κ3) is 3.22. The molecule has 0 bridgehead atoms. The Morgan fingerprint density at radius 1 is 1.20 bits per heavy atom. The Bertz CT molecular complexity index is 302. The maximum absolute atomic E-state index is 11.0. The normalized spacial score (nSPS) is 21.2. The number of hydrogen-bond donors (Lipinski definition) is 1. The van der Waals surface area contributed by atoms with Crippen LogP contribution in [0.15, 0.2) is 23.4 Å². The van der Waals surface area contributed by atoms with Crippen molar-refractivity contribution in [3.63, 3.8) is 0 Å². The molecule has 2 heteroatoms. The van der Waals surface area contributed by atoms with Crippen molar-refractivity contribution in [1.29, 1.82) is 0 Å². The third-order valence-corrected chi connectivity index (χ3v) is 3.16. The van der Waals surface area contributed by atoms with E-state index in [1.54, 1.807) is 11.6 Å². The number of hydrogen-bond acceptors (Lipinski definition) is 2. The van der Waals surface area contributed by atoms with Gasteiger partial charge in [-0.25, -0.2) is 0 Å². The van der Waals surface area contributed by atoms with Crippen molar-refractivity contribution in [2.45, 2.75) is 44.9 Å². The van der Waals surface area contributed by atoms with Crippen molar-refractivity contribution >= 4 is 5.78 Å². The fourth-order valence-electron chi connectivity index (χ4n) is 2.25. The van der Waals surface area contributed by atoms with Crippen LogP contribution in [-0.2, 0) is 4.79 Å². The predicted octanol–water partition coefficient (Wildman–Crippen LogP) is 2.71. The van der Waals surface area contributed by atoms with Crippen molar-refractivity contribution in [1.82, 2.24) is 5.32 Å². The van der Waals surface area contributed by atoms with Crippen molar-refractivity contribution in [3.05, 3.63) is 23.4 Å². The van der Waals surface area contributed by atoms with Crippen LogP contribution < -0.4 is 5.32 Å². The summed E-state index contributed by atoms with van der Waals surface area (Å²) in [4.78, 5) is 11.0. The van der Waals surface area contributed by atoms with Gasteiger partial charge in [0.2, 0.25) is 0 Å². The maximum atomic E-state index is 11.0. The lowest BCUT2D eigenvalue weighted by Crippen LogP contribution is -2.14. The number of nitrogens with one attached hydrogen (secondary N) is 1. The zero-order chi connectivity index (χ0) is 10.5. The van der Waals surface area contributed by atoms with Gasteiger partial charge in [-0.2, -0.15) is 0 Å². The topological polar surface area (TPSA) is 29.1 Å². The quantitative estimate of drug-likeness (QED) is 0.715. The van der Waals surface area contributed by atoms with E-state index in [2.05, 4.69) is 11.4 Å². The molecule has 15 heavy (non-hydrogen) atoms. The smallest absolute Gasteiger partial charge is 0.157 e. The van der Waals surface area contributed by atoms with E-state index < -0.39 is 0 Å². The van der Waals surface area contributed by atoms with Gasteiger partial charge in [-0.1, -0.05) is 11.6 Å². The SMILES string of the molecule is O=C1C=C(NCCC2=CCCCC2)CC1. The first kappa shape index (κ1) is 10.5. The van der Waals surface area contributed by atoms with Crippen LogP contribution in [0.4, 0.5) is 0 Å². The number of ketones is 1. The van der Waals surface area contributed by atoms with E-state index >= 15 is 0 Å². The number of carbonyl (C=O) groups excluding carboxylic acids is 1. The number of rotatable bonds is 4. The Morgan fingerprint density at radius 3 is 2.80 bits per heavy atom. The summed E-state index contributed by atoms with van der Waals surface area (Å²) in [6.07, 6.45) is 12.2. The minimum atomic E-state index is 0.273. The van der Waals surface area contributed by atoms with Gasteiger partial charge in [0.15, 0.2) is 5.78 Å². The molecule has 0 aromatic heterocycles. The van der Waals surface area contributed by atoms with Gasteiger partial charge in [0.05, 0.1) is 0 Å². The molecule has 82 valence electrons. The van der Waals surface area contributed by atoms with E-state index in [1.165, 1.54) is 25.7 Å². The molecule has 0 aromatic rings. The highest BCUT2D eigenvalue weighted by atomic mass is 16.1. The summed E-state index contributed by atoms with van der Waals surface area (Å²) in [7, 11) is 0. The van der Waals surface area contributed by atoms with Crippen LogP contribution >= 0.6 is 0 Å². The molecule has 0 unspecified atom stereocenters. The number of allylic oxidation sites excluding steroid dienone is 3. The summed E-state index contributed by atoms with van der Waals surface area (Å²) >= 11 is 0. The molecular weight excluding hydrogens is 186 g/mol. The maximum Gasteiger partial charge on any atom is 0.157 e. The van der Waals surface area contributed by atoms with Crippen LogP contribution in [0.1, 0.15) is 44.9 Å². The molecule has 0 aliphatic heterocycles. The lowest BCUT2D eigenvalue weighted by Gasteiger charge is -2.13. The molecule has 0 radical (unpaired) electrons. The van der Waals surface area contributed by atoms with Crippen molar-refractivity contribution in [2.24, 2.45) is 0 Å². The van der Waals surface area contributed by atoms with E-state index in [1.807, 2.05) is 0 Å². The third-order valence-electron chi connectivity index (χ3n) is 3.16. The minimum Gasteiger partial charge on any atom is -0.388 e. The van der Waals surface area contributed by atoms with Crippen LogP contribution in [0.3, 0.4) is 0 Å². The monoisotopic (exact) mass is 205 g/mol. The Labute approximate surface area is 91.4 Å². The zero-order valence-corrected chi connectivity index (χ0v) is 9.22. The Kier molecular flexibility index (Phi) is 3.59. The average Bonchev–Trinajstić information content (AvgIpc) is 2.66. The van der Waals surface area contributed by atoms with E-state index in [0.717, 1.165) is 25.1 Å². The number of carbonyl (C=O) groups is 1. The van der Waals surface area contributed by atoms with Gasteiger partial charge in [-0.05, 0) is 38.5 Å². The highest BCUT2D eigenvalue weighted by Crippen LogP contribution is 2.20. The highest BCUT2D eigenvalue weighted by molar-refractivity contribution is 5.92. The first-order chi connectivity index (χ1) is 7.34. The van der Waals surface area contributed by atoms with Crippen molar-refractivity contribution in [2.75, 3.05) is 6.54 Å². The predicted molar refractivity (Wildman–Crippen MR) is 61.5 cm³/mol. The van der Waals surface area contributed by atoms with Crippen LogP contribution in [0, 0.1) is 0 Å². The van der Waals surface area contributed by atoms with Crippen LogP contribution in [0.2, 0.25) is 0 Å². The molecule has 0 amide bonds. The standard InChI is InChI=1S/C13H19NO/c15-13-7-6-12(10-13)14-9-8-11-4-2-1-3-5-11/h4,10,14H,1-3,5-9H2. The molecule has 0 saturated heterocycles. The second kappa shape index (κ2) is 5.15. The summed E-state index contributed by atoms with van der Waals surface area (Å²) in [5, 5.41) is 3.36. The summed E-state index contributed by atoms with van der Waals surface area (Å²) in [5.74, 6) is 0.273. The second-order valence-electron chi connectivity index (χ2n) is 4.42. The molecule has 0 saturated carbocycles. The van der Waals surface area contributed by atoms with Crippen molar-refractivity contribution in [3.8, 4) is 0 Å². The fraction of sp³-hybridized carbons (Fsp3) is 0.615. The Balaban J connectivity index is 1.68. The minimum absolute atomic E-state index is 0.273. The second-order valence-corrected chi connectivity index (χ2v) is 4.42. The summed E-state index contributed by atoms with van der Waals surface area (Å²) in [6, 6.07) is 0. The van der Waals surface area contributed by atoms with Gasteiger partial charge in [-0.3, -0.25) is 4.79 Å². The van der Waals surface area contributed by atoms with Crippen LogP contribution in [0.5, 0.6) is 0 Å². The van der Waals surface area contributed by atoms with E-state index in [9.17, 15) is 4.79 Å². The first-order valence-electron chi connectivity index (χ1n) is 6.00. The molecule has 0 spiro atoms. The molecule has 0 fully saturated rings. The molecule has 2 nitrogen and oxygen atoms in total. The van der Waals surface area contributed by atoms with E-state index in [-0.39, 0.29) is 5.78 Å². The van der Waals surface area contributed by atoms with Gasteiger partial charge in [-0.15, -0.1) is 0 Å². The molecule has 0 aromatic carbocycles. The molecule has 2 aliphatic carbocycles. The van der Waals surface area contributed by atoms with Gasteiger partial charge in [0.25, 0.3) is 0 Å². The van der Waals surface area contributed by atoms with Gasteiger partial charge < -0.3 is 5.32 Å². The van der Waals surface area contributed by atoms with Crippen LogP contribution in [0.25, 0.3) is 0 Å². The molecule has 2 rings (SSSR count). The first-order valence-corrected chi connectivity index (χ1v) is 6.00. The lowest BCUT2D eigenvalue weighted by molar-refractivity contribution is -0.114. The fourth-order valence-corrected chi connectivity index (χ4v) is 2.25. The van der Waals surface area contributed by atoms with E-state index in [0.29, 0.717) is 6.42 Å². The van der Waals surface area contributed by atoms with Gasteiger partial charge >= 0.3 is 0 Å². The van der Waals surface area contributed by atoms with E-state index in [4.69, 9.17) is 0 Å². The molecule has 2 aliphatic rings. The highest BCUT2D eigenvalue weighted by Gasteiger charge is 2.11. The molecule has 0 heterocycles. The summed E-state index contributed by atoms with van der Waals surface area (Å²) < 4.78 is 0. The average molecular weight is 205 g/mol. The summed E-state index contributed by atoms with van der Waals surface area (Å²) in [6.45, 7) is 0.991. The molecule has 1 N–H and O–H groups in total. The van der Waals surface area contributed by atoms with Gasteiger partial charge in [0, 0.05) is 24.7 Å². The zero-order valence-electron chi connectivity index (χ0n) is 9.22. The molecular formula is C13H19NO. The Morgan fingerprint density at radius 2 is 2.13 bits per heavy atom. The largest absolute Gasteiger partial charge is 0.388 e. The Hall–Kier alpha value is -1.05. The lowest BCUT2D eigenvalue weighted by atomic mass is 9.97. The van der Waals surface area contributed by atoms with Crippen molar-refractivity contribution < 1.29 is 4.79 Å². The molecule has 0 atom stereocenters.